The molecular weight excluding hydrogens is 331 g/mol. The first-order valence-corrected chi connectivity index (χ1v) is 6.65. The maximum Gasteiger partial charge on any atom is 0.435 e. The Balaban J connectivity index is 4.91. The maximum atomic E-state index is 12.5. The highest BCUT2D eigenvalue weighted by Crippen LogP contribution is 2.54. The van der Waals surface area contributed by atoms with E-state index in [0.717, 1.165) is 12.8 Å². The van der Waals surface area contributed by atoms with Crippen LogP contribution in [0.25, 0.3) is 0 Å². The summed E-state index contributed by atoms with van der Waals surface area (Å²) >= 11 is 0. The summed E-state index contributed by atoms with van der Waals surface area (Å²) in [6, 6.07) is 0. The fraction of sp³-hybridized carbons (Fsp3) is 1.00. The van der Waals surface area contributed by atoms with Gasteiger partial charge in [0.2, 0.25) is 0 Å². The van der Waals surface area contributed by atoms with Crippen LogP contribution in [0.5, 0.6) is 0 Å². The van der Waals surface area contributed by atoms with Gasteiger partial charge in [-0.1, -0.05) is 39.0 Å². The summed E-state index contributed by atoms with van der Waals surface area (Å²) in [5.41, 5.74) is -6.14. The molecule has 134 valence electrons. The summed E-state index contributed by atoms with van der Waals surface area (Å²) in [6.07, 6.45) is -17.1. The van der Waals surface area contributed by atoms with E-state index < -0.39 is 30.7 Å². The minimum atomic E-state index is -6.65. The lowest BCUT2D eigenvalue weighted by Crippen LogP contribution is -2.67. The summed E-state index contributed by atoms with van der Waals surface area (Å²) in [6.45, 7) is 0.623. The Bertz CT molecular complexity index is 280. The summed E-state index contributed by atoms with van der Waals surface area (Å²) in [5.74, 6) is 0. The molecule has 0 heterocycles. The lowest BCUT2D eigenvalue weighted by molar-refractivity contribution is -0.457. The Hall–Kier alpha value is -0.670. The van der Waals surface area contributed by atoms with Gasteiger partial charge in [-0.05, 0) is 6.42 Å². The Morgan fingerprint density at radius 3 is 1.32 bits per heavy atom. The quantitative estimate of drug-likeness (QED) is 0.399. The molecule has 10 heteroatoms. The molecule has 0 aromatic rings. The average molecular weight is 348 g/mol. The van der Waals surface area contributed by atoms with Crippen molar-refractivity contribution in [3.8, 4) is 0 Å². The number of unbranched alkanes of at least 4 members (excludes halogenated alkanes) is 5. The molecule has 0 unspecified atom stereocenters. The molecule has 0 fully saturated rings. The molecule has 0 aromatic carbocycles. The van der Waals surface area contributed by atoms with Crippen molar-refractivity contribution in [2.75, 3.05) is 6.61 Å². The van der Waals surface area contributed by atoms with Gasteiger partial charge in [0.25, 0.3) is 0 Å². The Kier molecular flexibility index (Phi) is 7.50. The molecule has 22 heavy (non-hydrogen) atoms. The van der Waals surface area contributed by atoms with Crippen LogP contribution in [0.15, 0.2) is 0 Å². The van der Waals surface area contributed by atoms with Gasteiger partial charge < -0.3 is 4.74 Å². The summed E-state index contributed by atoms with van der Waals surface area (Å²) in [4.78, 5) is 0. The van der Waals surface area contributed by atoms with Gasteiger partial charge in [0, 0.05) is 6.61 Å². The van der Waals surface area contributed by atoms with E-state index in [1.54, 1.807) is 0 Å². The number of hydrogen-bond donors (Lipinski definition) is 0. The van der Waals surface area contributed by atoms with E-state index in [-0.39, 0.29) is 12.8 Å². The topological polar surface area (TPSA) is 9.23 Å². The summed E-state index contributed by atoms with van der Waals surface area (Å²) in [7, 11) is 0. The third-order valence-corrected chi connectivity index (χ3v) is 3.01. The van der Waals surface area contributed by atoms with Gasteiger partial charge in [0.05, 0.1) is 0 Å². The normalized spacial score (nSPS) is 14.5. The number of hydrogen-bond acceptors (Lipinski definition) is 1. The van der Waals surface area contributed by atoms with E-state index in [1.165, 1.54) is 0 Å². The van der Waals surface area contributed by atoms with Gasteiger partial charge in [0.15, 0.2) is 0 Å². The summed E-state index contributed by atoms with van der Waals surface area (Å²) in [5, 5.41) is 0. The van der Waals surface area contributed by atoms with E-state index in [1.807, 2.05) is 6.92 Å². The van der Waals surface area contributed by atoms with Gasteiger partial charge in [0.1, 0.15) is 0 Å². The first-order valence-electron chi connectivity index (χ1n) is 6.65. The van der Waals surface area contributed by atoms with Crippen LogP contribution in [-0.2, 0) is 4.74 Å². The molecule has 0 radical (unpaired) electrons. The van der Waals surface area contributed by atoms with Crippen molar-refractivity contribution in [3.05, 3.63) is 0 Å². The SMILES string of the molecule is CCCCCCCCOC(C(F)(F)F)(C(F)(F)F)C(F)(F)F. The van der Waals surface area contributed by atoms with Crippen LogP contribution >= 0.6 is 0 Å². The monoisotopic (exact) mass is 348 g/mol. The molecule has 1 nitrogen and oxygen atoms in total. The van der Waals surface area contributed by atoms with E-state index in [4.69, 9.17) is 0 Å². The van der Waals surface area contributed by atoms with Crippen molar-refractivity contribution < 1.29 is 44.3 Å². The second-order valence-electron chi connectivity index (χ2n) is 4.79. The van der Waals surface area contributed by atoms with Crippen molar-refractivity contribution in [2.45, 2.75) is 69.6 Å². The molecule has 0 saturated carbocycles. The van der Waals surface area contributed by atoms with Crippen molar-refractivity contribution in [1.82, 2.24) is 0 Å². The number of halogens is 9. The maximum absolute atomic E-state index is 12.5. The van der Waals surface area contributed by atoms with Gasteiger partial charge in [-0.25, -0.2) is 0 Å². The first-order chi connectivity index (χ1) is 9.81. The number of rotatable bonds is 8. The van der Waals surface area contributed by atoms with Crippen LogP contribution in [0.4, 0.5) is 39.5 Å². The Labute approximate surface area is 121 Å². The van der Waals surface area contributed by atoms with Gasteiger partial charge in [-0.3, -0.25) is 0 Å². The largest absolute Gasteiger partial charge is 0.435 e. The van der Waals surface area contributed by atoms with Crippen LogP contribution in [0.3, 0.4) is 0 Å². The molecule has 0 spiro atoms. The molecule has 0 rings (SSSR count). The number of alkyl halides is 9. The number of ether oxygens (including phenoxy) is 1. The van der Waals surface area contributed by atoms with Crippen LogP contribution < -0.4 is 0 Å². The van der Waals surface area contributed by atoms with Crippen molar-refractivity contribution >= 4 is 0 Å². The molecule has 0 bridgehead atoms. The standard InChI is InChI=1S/C12H17F9O/c1-2-3-4-5-6-7-8-22-9(10(13,14)15,11(16,17)18)12(19,20)21/h2-8H2,1H3. The van der Waals surface area contributed by atoms with Gasteiger partial charge >= 0.3 is 24.1 Å². The molecule has 0 atom stereocenters. The molecule has 0 saturated heterocycles. The van der Waals surface area contributed by atoms with Crippen LogP contribution in [0, 0.1) is 0 Å². The van der Waals surface area contributed by atoms with Gasteiger partial charge in [-0.15, -0.1) is 0 Å². The summed E-state index contributed by atoms with van der Waals surface area (Å²) < 4.78 is 116. The Morgan fingerprint density at radius 2 is 0.955 bits per heavy atom. The fourth-order valence-electron chi connectivity index (χ4n) is 1.84. The van der Waals surface area contributed by atoms with E-state index in [9.17, 15) is 39.5 Å². The third-order valence-electron chi connectivity index (χ3n) is 3.01. The smallest absolute Gasteiger partial charge is 0.351 e. The molecule has 0 amide bonds. The highest BCUT2D eigenvalue weighted by atomic mass is 19.4. The molecule has 0 aliphatic rings. The van der Waals surface area contributed by atoms with E-state index in [0.29, 0.717) is 12.8 Å². The van der Waals surface area contributed by atoms with Gasteiger partial charge in [-0.2, -0.15) is 39.5 Å². The second kappa shape index (κ2) is 7.74. The predicted molar refractivity (Wildman–Crippen MR) is 60.2 cm³/mol. The zero-order valence-corrected chi connectivity index (χ0v) is 11.8. The zero-order valence-electron chi connectivity index (χ0n) is 11.8. The second-order valence-corrected chi connectivity index (χ2v) is 4.79. The molecule has 0 aliphatic carbocycles. The lowest BCUT2D eigenvalue weighted by Gasteiger charge is -2.38. The lowest BCUT2D eigenvalue weighted by atomic mass is 10.0. The van der Waals surface area contributed by atoms with Crippen molar-refractivity contribution in [2.24, 2.45) is 0 Å². The van der Waals surface area contributed by atoms with Crippen LogP contribution in [0.1, 0.15) is 45.4 Å². The highest BCUT2D eigenvalue weighted by molar-refractivity contribution is 5.02. The predicted octanol–water partition coefficient (Wildman–Crippen LogP) is 5.79. The molecule has 0 N–H and O–H groups in total. The van der Waals surface area contributed by atoms with Crippen LogP contribution in [-0.4, -0.2) is 30.7 Å². The first kappa shape index (κ1) is 21.3. The van der Waals surface area contributed by atoms with Crippen molar-refractivity contribution in [3.63, 3.8) is 0 Å². The average Bonchev–Trinajstić information content (AvgIpc) is 2.27. The minimum Gasteiger partial charge on any atom is -0.351 e. The van der Waals surface area contributed by atoms with Crippen LogP contribution in [0.2, 0.25) is 0 Å². The molecular formula is C12H17F9O. The molecule has 0 aliphatic heterocycles. The highest BCUT2D eigenvalue weighted by Gasteiger charge is 2.85. The van der Waals surface area contributed by atoms with E-state index in [2.05, 4.69) is 4.74 Å². The molecule has 0 aromatic heterocycles. The zero-order chi connectivity index (χ0) is 17.7. The van der Waals surface area contributed by atoms with E-state index >= 15 is 0 Å². The fourth-order valence-corrected chi connectivity index (χ4v) is 1.84. The van der Waals surface area contributed by atoms with Crippen molar-refractivity contribution in [1.29, 1.82) is 0 Å². The Morgan fingerprint density at radius 1 is 0.591 bits per heavy atom. The minimum absolute atomic E-state index is 0.198. The third kappa shape index (κ3) is 4.92.